The molecule has 0 atom stereocenters. The van der Waals surface area contributed by atoms with Crippen molar-refractivity contribution in [1.29, 1.82) is 0 Å². The Bertz CT molecular complexity index is 935. The van der Waals surface area contributed by atoms with Gasteiger partial charge in [0.05, 0.1) is 17.7 Å². The number of rotatable bonds is 6. The van der Waals surface area contributed by atoms with E-state index < -0.39 is 10.0 Å². The number of nitrogens with one attached hydrogen (secondary N) is 1. The van der Waals surface area contributed by atoms with Gasteiger partial charge in [-0.05, 0) is 81.5 Å². The molecule has 2 aromatic carbocycles. The fourth-order valence-electron chi connectivity index (χ4n) is 3.29. The van der Waals surface area contributed by atoms with Crippen LogP contribution in [0.1, 0.15) is 23.2 Å². The number of nitrogens with zero attached hydrogens (tertiary/aromatic N) is 2. The van der Waals surface area contributed by atoms with Crippen molar-refractivity contribution >= 4 is 21.6 Å². The normalized spacial score (nSPS) is 15.7. The first-order chi connectivity index (χ1) is 13.8. The van der Waals surface area contributed by atoms with Crippen LogP contribution in [0.15, 0.2) is 53.4 Å². The number of hydrogen-bond donors (Lipinski definition) is 1. The highest BCUT2D eigenvalue weighted by Crippen LogP contribution is 2.24. The molecule has 7 nitrogen and oxygen atoms in total. The number of carbonyl (C=O) groups is 1. The SMILES string of the molecule is COc1ccc(S(=O)(=O)N(C)c2ccc(C(=O)NC3CCN(C)CC3)cc2)cc1. The summed E-state index contributed by atoms with van der Waals surface area (Å²) in [6.45, 7) is 1.94. The molecule has 8 heteroatoms. The Morgan fingerprint density at radius 1 is 1.07 bits per heavy atom. The Labute approximate surface area is 172 Å². The van der Waals surface area contributed by atoms with E-state index >= 15 is 0 Å². The van der Waals surface area contributed by atoms with Gasteiger partial charge < -0.3 is 15.0 Å². The lowest BCUT2D eigenvalue weighted by molar-refractivity contribution is 0.0917. The van der Waals surface area contributed by atoms with Crippen LogP contribution in [0.4, 0.5) is 5.69 Å². The third kappa shape index (κ3) is 4.89. The van der Waals surface area contributed by atoms with Crippen LogP contribution in [0, 0.1) is 0 Å². The molecule has 1 fully saturated rings. The Morgan fingerprint density at radius 3 is 2.21 bits per heavy atom. The van der Waals surface area contributed by atoms with E-state index in [0.717, 1.165) is 25.9 Å². The summed E-state index contributed by atoms with van der Waals surface area (Å²) in [4.78, 5) is 14.9. The van der Waals surface area contributed by atoms with Gasteiger partial charge in [-0.2, -0.15) is 0 Å². The number of amides is 1. The van der Waals surface area contributed by atoms with E-state index in [9.17, 15) is 13.2 Å². The van der Waals surface area contributed by atoms with Gasteiger partial charge in [0.2, 0.25) is 0 Å². The van der Waals surface area contributed by atoms with Gasteiger partial charge in [0, 0.05) is 18.7 Å². The molecule has 0 radical (unpaired) electrons. The zero-order chi connectivity index (χ0) is 21.0. The molecule has 156 valence electrons. The van der Waals surface area contributed by atoms with E-state index in [1.807, 2.05) is 0 Å². The minimum absolute atomic E-state index is 0.133. The Kier molecular flexibility index (Phi) is 6.44. The number of hydrogen-bond acceptors (Lipinski definition) is 5. The number of benzene rings is 2. The molecule has 1 amide bonds. The first-order valence-electron chi connectivity index (χ1n) is 9.53. The minimum atomic E-state index is -3.71. The number of sulfonamides is 1. The maximum atomic E-state index is 12.8. The van der Waals surface area contributed by atoms with Crippen LogP contribution in [-0.2, 0) is 10.0 Å². The van der Waals surface area contributed by atoms with Gasteiger partial charge in [0.1, 0.15) is 5.75 Å². The molecule has 0 saturated carbocycles. The highest BCUT2D eigenvalue weighted by molar-refractivity contribution is 7.92. The lowest BCUT2D eigenvalue weighted by atomic mass is 10.0. The van der Waals surface area contributed by atoms with Crippen molar-refractivity contribution in [3.63, 3.8) is 0 Å². The summed E-state index contributed by atoms with van der Waals surface area (Å²) in [7, 11) is 1.39. The quantitative estimate of drug-likeness (QED) is 0.781. The van der Waals surface area contributed by atoms with Crippen LogP contribution in [0.2, 0.25) is 0 Å². The first kappa shape index (κ1) is 21.1. The van der Waals surface area contributed by atoms with Gasteiger partial charge in [-0.1, -0.05) is 0 Å². The molecule has 0 spiro atoms. The van der Waals surface area contributed by atoms with Crippen molar-refractivity contribution in [2.24, 2.45) is 0 Å². The largest absolute Gasteiger partial charge is 0.497 e. The number of piperidine rings is 1. The third-order valence-electron chi connectivity index (χ3n) is 5.26. The van der Waals surface area contributed by atoms with Crippen molar-refractivity contribution in [3.8, 4) is 5.75 Å². The number of ether oxygens (including phenoxy) is 1. The van der Waals surface area contributed by atoms with Crippen LogP contribution in [0.25, 0.3) is 0 Å². The van der Waals surface area contributed by atoms with Gasteiger partial charge in [0.25, 0.3) is 15.9 Å². The van der Waals surface area contributed by atoms with Crippen molar-refractivity contribution in [2.75, 3.05) is 38.6 Å². The molecular formula is C21H27N3O4S. The molecule has 2 aromatic rings. The molecule has 0 aliphatic carbocycles. The standard InChI is InChI=1S/C21H27N3O4S/c1-23-14-12-17(13-15-23)22-21(25)16-4-6-18(7-5-16)24(2)29(26,27)20-10-8-19(28-3)9-11-20/h4-11,17H,12-15H2,1-3H3,(H,22,25). The molecule has 3 rings (SSSR count). The summed E-state index contributed by atoms with van der Waals surface area (Å²) < 4.78 is 32.0. The smallest absolute Gasteiger partial charge is 0.264 e. The summed E-state index contributed by atoms with van der Waals surface area (Å²) in [6, 6.07) is 13.0. The van der Waals surface area contributed by atoms with E-state index in [4.69, 9.17) is 4.74 Å². The molecular weight excluding hydrogens is 390 g/mol. The van der Waals surface area contributed by atoms with Crippen LogP contribution < -0.4 is 14.4 Å². The molecule has 1 saturated heterocycles. The maximum absolute atomic E-state index is 12.8. The minimum Gasteiger partial charge on any atom is -0.497 e. The molecule has 1 heterocycles. The third-order valence-corrected chi connectivity index (χ3v) is 7.06. The van der Waals surface area contributed by atoms with Crippen LogP contribution in [-0.4, -0.2) is 59.6 Å². The van der Waals surface area contributed by atoms with E-state index in [2.05, 4.69) is 17.3 Å². The molecule has 1 aliphatic rings. The second-order valence-corrected chi connectivity index (χ2v) is 9.22. The number of methoxy groups -OCH3 is 1. The van der Waals surface area contributed by atoms with Crippen molar-refractivity contribution in [2.45, 2.75) is 23.8 Å². The highest BCUT2D eigenvalue weighted by Gasteiger charge is 2.22. The summed E-state index contributed by atoms with van der Waals surface area (Å²) in [5.74, 6) is 0.457. The van der Waals surface area contributed by atoms with Crippen LogP contribution in [0.3, 0.4) is 0 Å². The molecule has 0 aromatic heterocycles. The van der Waals surface area contributed by atoms with Gasteiger partial charge in [-0.3, -0.25) is 9.10 Å². The molecule has 0 unspecified atom stereocenters. The molecule has 1 N–H and O–H groups in total. The monoisotopic (exact) mass is 417 g/mol. The Balaban J connectivity index is 1.69. The summed E-state index contributed by atoms with van der Waals surface area (Å²) in [5.41, 5.74) is 1.000. The topological polar surface area (TPSA) is 79.0 Å². The summed E-state index contributed by atoms with van der Waals surface area (Å²) in [6.07, 6.45) is 1.87. The van der Waals surface area contributed by atoms with Crippen molar-refractivity contribution in [1.82, 2.24) is 10.2 Å². The lowest BCUT2D eigenvalue weighted by Crippen LogP contribution is -2.43. The number of anilines is 1. The average Bonchev–Trinajstić information content (AvgIpc) is 2.75. The van der Waals surface area contributed by atoms with E-state index in [0.29, 0.717) is 17.0 Å². The Hall–Kier alpha value is -2.58. The first-order valence-corrected chi connectivity index (χ1v) is 11.0. The maximum Gasteiger partial charge on any atom is 0.264 e. The highest BCUT2D eigenvalue weighted by atomic mass is 32.2. The fraction of sp³-hybridized carbons (Fsp3) is 0.381. The zero-order valence-corrected chi connectivity index (χ0v) is 17.8. The van der Waals surface area contributed by atoms with Crippen molar-refractivity contribution < 1.29 is 17.9 Å². The van der Waals surface area contributed by atoms with Crippen LogP contribution in [0.5, 0.6) is 5.75 Å². The van der Waals surface area contributed by atoms with E-state index in [-0.39, 0.29) is 16.8 Å². The van der Waals surface area contributed by atoms with Gasteiger partial charge >= 0.3 is 0 Å². The zero-order valence-electron chi connectivity index (χ0n) is 17.0. The lowest BCUT2D eigenvalue weighted by Gasteiger charge is -2.29. The predicted molar refractivity (Wildman–Crippen MR) is 113 cm³/mol. The molecule has 1 aliphatic heterocycles. The second kappa shape index (κ2) is 8.84. The van der Waals surface area contributed by atoms with Crippen LogP contribution >= 0.6 is 0 Å². The average molecular weight is 418 g/mol. The molecule has 0 bridgehead atoms. The predicted octanol–water partition coefficient (Wildman–Crippen LogP) is 2.34. The molecule has 29 heavy (non-hydrogen) atoms. The number of carbonyl (C=O) groups excluding carboxylic acids is 1. The van der Waals surface area contributed by atoms with Gasteiger partial charge in [0.15, 0.2) is 0 Å². The second-order valence-electron chi connectivity index (χ2n) is 7.25. The summed E-state index contributed by atoms with van der Waals surface area (Å²) >= 11 is 0. The van der Waals surface area contributed by atoms with E-state index in [1.54, 1.807) is 36.4 Å². The van der Waals surface area contributed by atoms with E-state index in [1.165, 1.54) is 30.6 Å². The van der Waals surface area contributed by atoms with Crippen molar-refractivity contribution in [3.05, 3.63) is 54.1 Å². The fourth-order valence-corrected chi connectivity index (χ4v) is 4.48. The number of likely N-dealkylation sites (tertiary alicyclic amines) is 1. The Morgan fingerprint density at radius 2 is 1.66 bits per heavy atom. The summed E-state index contributed by atoms with van der Waals surface area (Å²) in [5, 5.41) is 3.06. The van der Waals surface area contributed by atoms with Gasteiger partial charge in [-0.15, -0.1) is 0 Å². The van der Waals surface area contributed by atoms with Gasteiger partial charge in [-0.25, -0.2) is 8.42 Å².